The summed E-state index contributed by atoms with van der Waals surface area (Å²) in [6.45, 7) is 0.171. The fraction of sp³-hybridized carbons (Fsp3) is 0.462. The number of carbonyl (C=O) groups excluding carboxylic acids is 1. The third-order valence-electron chi connectivity index (χ3n) is 3.60. The number of hydrogen-bond acceptors (Lipinski definition) is 3. The van der Waals surface area contributed by atoms with Gasteiger partial charge in [0.25, 0.3) is 0 Å². The molecule has 0 spiro atoms. The predicted octanol–water partition coefficient (Wildman–Crippen LogP) is 3.42. The highest BCUT2D eigenvalue weighted by atomic mass is 79.9. The molecule has 3 N–H and O–H groups in total. The number of amides is 1. The second kappa shape index (κ2) is 5.84. The van der Waals surface area contributed by atoms with E-state index < -0.39 is 17.5 Å². The number of nitrogens with one attached hydrogen (secondary N) is 1. The Morgan fingerprint density at radius 2 is 2.10 bits per heavy atom. The van der Waals surface area contributed by atoms with Crippen LogP contribution in [0.1, 0.15) is 19.3 Å². The Morgan fingerprint density at radius 3 is 2.57 bits per heavy atom. The number of hydrogen-bond donors (Lipinski definition) is 2. The highest BCUT2D eigenvalue weighted by Crippen LogP contribution is 2.42. The third kappa shape index (κ3) is 3.68. The molecule has 0 atom stereocenters. The van der Waals surface area contributed by atoms with Crippen LogP contribution in [-0.2, 0) is 4.79 Å². The van der Waals surface area contributed by atoms with Gasteiger partial charge in [0, 0.05) is 11.0 Å². The number of carbonyl (C=O) groups is 1. The van der Waals surface area contributed by atoms with E-state index in [1.165, 1.54) is 12.1 Å². The van der Waals surface area contributed by atoms with E-state index in [1.807, 2.05) is 0 Å². The van der Waals surface area contributed by atoms with Crippen LogP contribution in [0.25, 0.3) is 0 Å². The Labute approximate surface area is 128 Å². The first-order valence-electron chi connectivity index (χ1n) is 6.33. The number of alkyl halides is 3. The number of rotatable bonds is 4. The fourth-order valence-electron chi connectivity index (χ4n) is 2.19. The van der Waals surface area contributed by atoms with Crippen molar-refractivity contribution in [2.24, 2.45) is 11.1 Å². The highest BCUT2D eigenvalue weighted by Gasteiger charge is 2.43. The molecule has 21 heavy (non-hydrogen) atoms. The van der Waals surface area contributed by atoms with Crippen LogP contribution in [0.15, 0.2) is 22.7 Å². The first-order valence-corrected chi connectivity index (χ1v) is 7.12. The molecule has 0 aromatic heterocycles. The second-order valence-corrected chi connectivity index (χ2v) is 5.90. The van der Waals surface area contributed by atoms with Crippen molar-refractivity contribution in [2.75, 3.05) is 11.9 Å². The minimum absolute atomic E-state index is 0.0275. The summed E-state index contributed by atoms with van der Waals surface area (Å²) >= 11 is 3.07. The summed E-state index contributed by atoms with van der Waals surface area (Å²) in [7, 11) is 0. The molecule has 0 heterocycles. The molecule has 1 aromatic rings. The van der Waals surface area contributed by atoms with Gasteiger partial charge < -0.3 is 15.8 Å². The normalized spacial score (nSPS) is 17.0. The molecule has 1 fully saturated rings. The summed E-state index contributed by atoms with van der Waals surface area (Å²) in [5, 5.41) is 2.49. The Bertz CT molecular complexity index is 539. The first-order chi connectivity index (χ1) is 9.76. The SMILES string of the molecule is NCC1(C(=O)Nc2ccc(Br)cc2OC(F)(F)F)CCC1. The molecule has 4 nitrogen and oxygen atoms in total. The maximum absolute atomic E-state index is 12.4. The van der Waals surface area contributed by atoms with E-state index in [4.69, 9.17) is 5.73 Å². The quantitative estimate of drug-likeness (QED) is 0.857. The molecular formula is C13H14BrF3N2O2. The molecule has 0 radical (unpaired) electrons. The van der Waals surface area contributed by atoms with Gasteiger partial charge in [-0.2, -0.15) is 0 Å². The summed E-state index contributed by atoms with van der Waals surface area (Å²) in [6.07, 6.45) is -2.66. The molecular weight excluding hydrogens is 353 g/mol. The molecule has 0 unspecified atom stereocenters. The van der Waals surface area contributed by atoms with E-state index in [2.05, 4.69) is 26.0 Å². The van der Waals surface area contributed by atoms with Gasteiger partial charge in [0.15, 0.2) is 5.75 Å². The van der Waals surface area contributed by atoms with Crippen molar-refractivity contribution in [3.63, 3.8) is 0 Å². The zero-order valence-electron chi connectivity index (χ0n) is 11.0. The monoisotopic (exact) mass is 366 g/mol. The first kappa shape index (κ1) is 16.1. The Balaban J connectivity index is 2.21. The molecule has 1 aromatic carbocycles. The van der Waals surface area contributed by atoms with E-state index in [0.29, 0.717) is 17.3 Å². The van der Waals surface area contributed by atoms with Gasteiger partial charge in [-0.1, -0.05) is 22.4 Å². The van der Waals surface area contributed by atoms with Crippen molar-refractivity contribution in [1.82, 2.24) is 0 Å². The number of benzene rings is 1. The minimum Gasteiger partial charge on any atom is -0.404 e. The second-order valence-electron chi connectivity index (χ2n) is 4.98. The summed E-state index contributed by atoms with van der Waals surface area (Å²) < 4.78 is 41.5. The average molecular weight is 367 g/mol. The Kier molecular flexibility index (Phi) is 4.48. The molecule has 0 aliphatic heterocycles. The molecule has 116 valence electrons. The van der Waals surface area contributed by atoms with Gasteiger partial charge in [-0.3, -0.25) is 4.79 Å². The number of ether oxygens (including phenoxy) is 1. The zero-order chi connectivity index (χ0) is 15.7. The van der Waals surface area contributed by atoms with E-state index in [1.54, 1.807) is 0 Å². The number of anilines is 1. The lowest BCUT2D eigenvalue weighted by molar-refractivity contribution is -0.274. The fourth-order valence-corrected chi connectivity index (χ4v) is 2.53. The van der Waals surface area contributed by atoms with Crippen molar-refractivity contribution in [1.29, 1.82) is 0 Å². The zero-order valence-corrected chi connectivity index (χ0v) is 12.6. The Hall–Kier alpha value is -1.28. The third-order valence-corrected chi connectivity index (χ3v) is 4.09. The molecule has 8 heteroatoms. The molecule has 1 saturated carbocycles. The van der Waals surface area contributed by atoms with Gasteiger partial charge in [-0.25, -0.2) is 0 Å². The van der Waals surface area contributed by atoms with E-state index in [-0.39, 0.29) is 18.1 Å². The van der Waals surface area contributed by atoms with Gasteiger partial charge in [0.2, 0.25) is 5.91 Å². The largest absolute Gasteiger partial charge is 0.573 e. The smallest absolute Gasteiger partial charge is 0.404 e. The van der Waals surface area contributed by atoms with E-state index in [9.17, 15) is 18.0 Å². The number of halogens is 4. The maximum atomic E-state index is 12.4. The van der Waals surface area contributed by atoms with Crippen molar-refractivity contribution in [2.45, 2.75) is 25.6 Å². The van der Waals surface area contributed by atoms with Gasteiger partial charge in [0.05, 0.1) is 11.1 Å². The molecule has 1 aliphatic carbocycles. The molecule has 2 rings (SSSR count). The van der Waals surface area contributed by atoms with Crippen molar-refractivity contribution in [3.05, 3.63) is 22.7 Å². The van der Waals surface area contributed by atoms with Crippen LogP contribution in [-0.4, -0.2) is 18.8 Å². The standard InChI is InChI=1S/C13H14BrF3N2O2/c14-8-2-3-9(10(6-8)21-13(15,16)17)19-11(20)12(7-18)4-1-5-12/h2-3,6H,1,4-5,7,18H2,(H,19,20). The highest BCUT2D eigenvalue weighted by molar-refractivity contribution is 9.10. The van der Waals surface area contributed by atoms with Crippen molar-refractivity contribution < 1.29 is 22.7 Å². The summed E-state index contributed by atoms with van der Waals surface area (Å²) in [4.78, 5) is 12.2. The summed E-state index contributed by atoms with van der Waals surface area (Å²) in [5.74, 6) is -0.831. The molecule has 0 saturated heterocycles. The average Bonchev–Trinajstić information content (AvgIpc) is 2.30. The van der Waals surface area contributed by atoms with Crippen LogP contribution in [0.2, 0.25) is 0 Å². The van der Waals surface area contributed by atoms with Crippen LogP contribution in [0.3, 0.4) is 0 Å². The van der Waals surface area contributed by atoms with Crippen molar-refractivity contribution >= 4 is 27.5 Å². The van der Waals surface area contributed by atoms with Gasteiger partial charge in [-0.05, 0) is 31.0 Å². The van der Waals surface area contributed by atoms with Crippen LogP contribution in [0.5, 0.6) is 5.75 Å². The molecule has 1 aliphatic rings. The van der Waals surface area contributed by atoms with E-state index >= 15 is 0 Å². The van der Waals surface area contributed by atoms with Crippen molar-refractivity contribution in [3.8, 4) is 5.75 Å². The molecule has 0 bridgehead atoms. The maximum Gasteiger partial charge on any atom is 0.573 e. The lowest BCUT2D eigenvalue weighted by Gasteiger charge is -2.39. The number of nitrogens with two attached hydrogens (primary N) is 1. The van der Waals surface area contributed by atoms with Gasteiger partial charge >= 0.3 is 6.36 Å². The molecule has 1 amide bonds. The van der Waals surface area contributed by atoms with Gasteiger partial charge in [-0.15, -0.1) is 13.2 Å². The minimum atomic E-state index is -4.83. The summed E-state index contributed by atoms with van der Waals surface area (Å²) in [5.41, 5.74) is 4.90. The van der Waals surface area contributed by atoms with Crippen LogP contribution in [0, 0.1) is 5.41 Å². The lowest BCUT2D eigenvalue weighted by Crippen LogP contribution is -2.47. The van der Waals surface area contributed by atoms with Crippen LogP contribution < -0.4 is 15.8 Å². The van der Waals surface area contributed by atoms with E-state index in [0.717, 1.165) is 12.5 Å². The Morgan fingerprint density at radius 1 is 1.43 bits per heavy atom. The van der Waals surface area contributed by atoms with Crippen LogP contribution in [0.4, 0.5) is 18.9 Å². The van der Waals surface area contributed by atoms with Gasteiger partial charge in [0.1, 0.15) is 0 Å². The topological polar surface area (TPSA) is 64.4 Å². The predicted molar refractivity (Wildman–Crippen MR) is 74.8 cm³/mol. The lowest BCUT2D eigenvalue weighted by atomic mass is 9.68. The van der Waals surface area contributed by atoms with Crippen LogP contribution >= 0.6 is 15.9 Å². The summed E-state index contributed by atoms with van der Waals surface area (Å²) in [6, 6.07) is 4.03.